The van der Waals surface area contributed by atoms with E-state index >= 15 is 0 Å². The quantitative estimate of drug-likeness (QED) is 0.684. The summed E-state index contributed by atoms with van der Waals surface area (Å²) in [6.07, 6.45) is 7.06. The third-order valence-corrected chi connectivity index (χ3v) is 7.09. The van der Waals surface area contributed by atoms with E-state index in [1.165, 1.54) is 5.39 Å². The third kappa shape index (κ3) is 3.58. The molecule has 0 spiro atoms. The number of pyridine rings is 1. The SMILES string of the molecule is COc1ccc2cnc([C@H]3CCCN(C(=O)c4n[nH]c5c4C[C@H](C)CC5)C3)cc2c1C. The number of nitrogens with zero attached hydrogens (tertiary/aromatic N) is 3. The van der Waals surface area contributed by atoms with Gasteiger partial charge < -0.3 is 9.64 Å². The van der Waals surface area contributed by atoms with Crippen LogP contribution in [0.3, 0.4) is 0 Å². The Morgan fingerprint density at radius 1 is 1.29 bits per heavy atom. The maximum absolute atomic E-state index is 13.4. The summed E-state index contributed by atoms with van der Waals surface area (Å²) in [5.74, 6) is 1.80. The van der Waals surface area contributed by atoms with Crippen molar-refractivity contribution in [1.29, 1.82) is 0 Å². The predicted molar refractivity (Wildman–Crippen MR) is 121 cm³/mol. The van der Waals surface area contributed by atoms with E-state index in [-0.39, 0.29) is 11.8 Å². The Labute approximate surface area is 183 Å². The van der Waals surface area contributed by atoms with Crippen LogP contribution in [0.25, 0.3) is 10.8 Å². The van der Waals surface area contributed by atoms with Gasteiger partial charge in [-0.3, -0.25) is 14.9 Å². The Balaban J connectivity index is 1.40. The monoisotopic (exact) mass is 418 g/mol. The number of fused-ring (bicyclic) bond motifs is 2. The Kier molecular flexibility index (Phi) is 5.16. The molecule has 2 aromatic heterocycles. The molecule has 6 nitrogen and oxygen atoms in total. The first-order valence-corrected chi connectivity index (χ1v) is 11.3. The number of aryl methyl sites for hydroxylation is 2. The first-order chi connectivity index (χ1) is 15.0. The lowest BCUT2D eigenvalue weighted by atomic mass is 9.87. The van der Waals surface area contributed by atoms with Gasteiger partial charge in [0.1, 0.15) is 5.75 Å². The smallest absolute Gasteiger partial charge is 0.274 e. The van der Waals surface area contributed by atoms with E-state index in [0.717, 1.165) is 72.3 Å². The lowest BCUT2D eigenvalue weighted by molar-refractivity contribution is 0.0698. The number of carbonyl (C=O) groups excluding carboxylic acids is 1. The summed E-state index contributed by atoms with van der Waals surface area (Å²) in [4.78, 5) is 20.1. The van der Waals surface area contributed by atoms with Crippen LogP contribution in [0.15, 0.2) is 24.4 Å². The molecular formula is C25H30N4O2. The van der Waals surface area contributed by atoms with Gasteiger partial charge in [-0.25, -0.2) is 0 Å². The highest BCUT2D eigenvalue weighted by Crippen LogP contribution is 2.33. The van der Waals surface area contributed by atoms with Gasteiger partial charge in [0.25, 0.3) is 5.91 Å². The summed E-state index contributed by atoms with van der Waals surface area (Å²) in [5.41, 5.74) is 5.10. The first-order valence-electron chi connectivity index (χ1n) is 11.3. The number of amides is 1. The van der Waals surface area contributed by atoms with Crippen molar-refractivity contribution in [2.45, 2.75) is 51.9 Å². The van der Waals surface area contributed by atoms with Gasteiger partial charge in [-0.1, -0.05) is 6.92 Å². The minimum Gasteiger partial charge on any atom is -0.496 e. The molecule has 1 amide bonds. The van der Waals surface area contributed by atoms with Crippen molar-refractivity contribution in [3.63, 3.8) is 0 Å². The molecule has 31 heavy (non-hydrogen) atoms. The van der Waals surface area contributed by atoms with Gasteiger partial charge in [-0.05, 0) is 74.1 Å². The van der Waals surface area contributed by atoms with E-state index < -0.39 is 0 Å². The van der Waals surface area contributed by atoms with E-state index in [1.54, 1.807) is 7.11 Å². The van der Waals surface area contributed by atoms with E-state index in [2.05, 4.69) is 36.2 Å². The van der Waals surface area contributed by atoms with Crippen LogP contribution in [0.5, 0.6) is 5.75 Å². The molecule has 2 atom stereocenters. The number of benzene rings is 1. The maximum atomic E-state index is 13.4. The van der Waals surface area contributed by atoms with Crippen molar-refractivity contribution in [2.24, 2.45) is 5.92 Å². The number of piperidine rings is 1. The van der Waals surface area contributed by atoms with Crippen molar-refractivity contribution < 1.29 is 9.53 Å². The van der Waals surface area contributed by atoms with Crippen molar-refractivity contribution in [1.82, 2.24) is 20.1 Å². The number of rotatable bonds is 3. The zero-order valence-electron chi connectivity index (χ0n) is 18.6. The molecule has 1 aliphatic heterocycles. The summed E-state index contributed by atoms with van der Waals surface area (Å²) in [5, 5.41) is 9.84. The Morgan fingerprint density at radius 2 is 2.16 bits per heavy atom. The van der Waals surface area contributed by atoms with Crippen LogP contribution in [-0.2, 0) is 12.8 Å². The lowest BCUT2D eigenvalue weighted by Crippen LogP contribution is -2.40. The Morgan fingerprint density at radius 3 is 3.00 bits per heavy atom. The van der Waals surface area contributed by atoms with Gasteiger partial charge >= 0.3 is 0 Å². The summed E-state index contributed by atoms with van der Waals surface area (Å²) in [7, 11) is 1.70. The number of nitrogens with one attached hydrogen (secondary N) is 1. The fourth-order valence-corrected chi connectivity index (χ4v) is 5.21. The number of H-pyrrole nitrogens is 1. The molecule has 3 heterocycles. The predicted octanol–water partition coefficient (Wildman–Crippen LogP) is 4.42. The van der Waals surface area contributed by atoms with E-state index in [0.29, 0.717) is 18.2 Å². The average molecular weight is 419 g/mol. The molecule has 1 N–H and O–H groups in total. The normalized spacial score (nSPS) is 21.2. The number of hydrogen-bond acceptors (Lipinski definition) is 4. The zero-order valence-corrected chi connectivity index (χ0v) is 18.6. The van der Waals surface area contributed by atoms with Crippen molar-refractivity contribution in [2.75, 3.05) is 20.2 Å². The summed E-state index contributed by atoms with van der Waals surface area (Å²) in [6.45, 7) is 5.82. The van der Waals surface area contributed by atoms with Gasteiger partial charge in [0.2, 0.25) is 0 Å². The molecule has 1 aliphatic carbocycles. The molecule has 5 rings (SSSR count). The fraction of sp³-hybridized carbons (Fsp3) is 0.480. The minimum atomic E-state index is 0.0648. The molecule has 0 bridgehead atoms. The molecule has 3 aromatic rings. The lowest BCUT2D eigenvalue weighted by Gasteiger charge is -2.32. The molecule has 2 aliphatic rings. The van der Waals surface area contributed by atoms with Crippen LogP contribution in [0.1, 0.15) is 65.1 Å². The molecule has 6 heteroatoms. The minimum absolute atomic E-state index is 0.0648. The number of aromatic amines is 1. The standard InChI is InChI=1S/C25H30N4O2/c1-15-6-8-21-20(11-15)24(28-27-21)25(30)29-10-4-5-18(14-29)22-12-19-16(2)23(31-3)9-7-17(19)13-26-22/h7,9,12-13,15,18H,4-6,8,10-11,14H2,1-3H3,(H,27,28)/t15-,18+/m1/s1. The highest BCUT2D eigenvalue weighted by Gasteiger charge is 2.31. The molecule has 1 saturated heterocycles. The number of carbonyl (C=O) groups is 1. The van der Waals surface area contributed by atoms with Gasteiger partial charge in [0, 0.05) is 47.5 Å². The zero-order chi connectivity index (χ0) is 21.5. The average Bonchev–Trinajstić information content (AvgIpc) is 3.22. The van der Waals surface area contributed by atoms with Gasteiger partial charge in [0.15, 0.2) is 5.69 Å². The van der Waals surface area contributed by atoms with Crippen LogP contribution in [0, 0.1) is 12.8 Å². The van der Waals surface area contributed by atoms with Crippen molar-refractivity contribution in [3.05, 3.63) is 52.6 Å². The second kappa shape index (κ2) is 7.98. The Hall–Kier alpha value is -2.89. The molecule has 1 aromatic carbocycles. The van der Waals surface area contributed by atoms with Crippen LogP contribution in [0.2, 0.25) is 0 Å². The van der Waals surface area contributed by atoms with Crippen LogP contribution in [-0.4, -0.2) is 46.2 Å². The summed E-state index contributed by atoms with van der Waals surface area (Å²) < 4.78 is 5.50. The van der Waals surface area contributed by atoms with Crippen LogP contribution in [0.4, 0.5) is 0 Å². The number of aromatic nitrogens is 3. The number of methoxy groups -OCH3 is 1. The van der Waals surface area contributed by atoms with Gasteiger partial charge in [0.05, 0.1) is 7.11 Å². The van der Waals surface area contributed by atoms with Gasteiger partial charge in [-0.2, -0.15) is 5.10 Å². The summed E-state index contributed by atoms with van der Waals surface area (Å²) >= 11 is 0. The number of ether oxygens (including phenoxy) is 1. The third-order valence-electron chi connectivity index (χ3n) is 7.09. The first kappa shape index (κ1) is 20.0. The number of hydrogen-bond donors (Lipinski definition) is 1. The molecular weight excluding hydrogens is 388 g/mol. The summed E-state index contributed by atoms with van der Waals surface area (Å²) in [6, 6.07) is 6.23. The Bertz CT molecular complexity index is 1140. The molecule has 0 saturated carbocycles. The highest BCUT2D eigenvalue weighted by atomic mass is 16.5. The second-order valence-electron chi connectivity index (χ2n) is 9.19. The molecule has 162 valence electrons. The molecule has 1 fully saturated rings. The highest BCUT2D eigenvalue weighted by molar-refractivity contribution is 5.94. The van der Waals surface area contributed by atoms with Gasteiger partial charge in [-0.15, -0.1) is 0 Å². The second-order valence-corrected chi connectivity index (χ2v) is 9.19. The van der Waals surface area contributed by atoms with Crippen molar-refractivity contribution in [3.8, 4) is 5.75 Å². The van der Waals surface area contributed by atoms with E-state index in [1.807, 2.05) is 17.2 Å². The largest absolute Gasteiger partial charge is 0.496 e. The maximum Gasteiger partial charge on any atom is 0.274 e. The van der Waals surface area contributed by atoms with Crippen molar-refractivity contribution >= 4 is 16.7 Å². The number of likely N-dealkylation sites (tertiary alicyclic amines) is 1. The van der Waals surface area contributed by atoms with E-state index in [9.17, 15) is 4.79 Å². The molecule has 0 unspecified atom stereocenters. The van der Waals surface area contributed by atoms with Crippen LogP contribution < -0.4 is 4.74 Å². The molecule has 0 radical (unpaired) electrons. The van der Waals surface area contributed by atoms with Crippen LogP contribution >= 0.6 is 0 Å². The topological polar surface area (TPSA) is 71.1 Å². The van der Waals surface area contributed by atoms with E-state index in [4.69, 9.17) is 9.72 Å². The fourth-order valence-electron chi connectivity index (χ4n) is 5.21.